The summed E-state index contributed by atoms with van der Waals surface area (Å²) in [6.45, 7) is 0. The molecule has 0 unspecified atom stereocenters. The predicted molar refractivity (Wildman–Crippen MR) is 56.8 cm³/mol. The second-order valence-electron chi connectivity index (χ2n) is 2.94. The molecule has 0 aliphatic rings. The minimum absolute atomic E-state index is 0.152. The van der Waals surface area contributed by atoms with Crippen molar-refractivity contribution in [2.45, 2.75) is 11.3 Å². The normalized spacial score (nSPS) is 11.7. The Balaban J connectivity index is 3.05. The van der Waals surface area contributed by atoms with Crippen molar-refractivity contribution in [2.24, 2.45) is 0 Å². The second kappa shape index (κ2) is 5.03. The molecule has 0 aliphatic carbocycles. The summed E-state index contributed by atoms with van der Waals surface area (Å²) in [6, 6.07) is 2.46. The van der Waals surface area contributed by atoms with Crippen molar-refractivity contribution in [3.05, 3.63) is 29.8 Å². The molecular formula is C9H9BrF2O2S. The first-order valence-electron chi connectivity index (χ1n) is 4.21. The van der Waals surface area contributed by atoms with E-state index in [1.54, 1.807) is 0 Å². The summed E-state index contributed by atoms with van der Waals surface area (Å²) in [4.78, 5) is -0.440. The zero-order valence-corrected chi connectivity index (χ0v) is 10.1. The first-order valence-corrected chi connectivity index (χ1v) is 6.98. The van der Waals surface area contributed by atoms with Crippen LogP contribution in [0.4, 0.5) is 8.78 Å². The quantitative estimate of drug-likeness (QED) is 0.632. The number of alkyl halides is 1. The third-order valence-electron chi connectivity index (χ3n) is 1.78. The summed E-state index contributed by atoms with van der Waals surface area (Å²) in [7, 11) is -3.64. The van der Waals surface area contributed by atoms with E-state index in [0.29, 0.717) is 17.8 Å². The van der Waals surface area contributed by atoms with Gasteiger partial charge in [0.2, 0.25) is 0 Å². The highest BCUT2D eigenvalue weighted by atomic mass is 79.9. The van der Waals surface area contributed by atoms with E-state index in [2.05, 4.69) is 15.9 Å². The fraction of sp³-hybridized carbons (Fsp3) is 0.333. The van der Waals surface area contributed by atoms with E-state index >= 15 is 0 Å². The van der Waals surface area contributed by atoms with Crippen LogP contribution < -0.4 is 0 Å². The summed E-state index contributed by atoms with van der Waals surface area (Å²) in [5.41, 5.74) is 0. The molecule has 0 spiro atoms. The smallest absolute Gasteiger partial charge is 0.181 e. The van der Waals surface area contributed by atoms with Crippen LogP contribution in [0.25, 0.3) is 0 Å². The van der Waals surface area contributed by atoms with Crippen LogP contribution in [0.5, 0.6) is 0 Å². The van der Waals surface area contributed by atoms with Gasteiger partial charge in [-0.25, -0.2) is 17.2 Å². The molecular weight excluding hydrogens is 290 g/mol. The molecule has 15 heavy (non-hydrogen) atoms. The van der Waals surface area contributed by atoms with E-state index in [4.69, 9.17) is 0 Å². The van der Waals surface area contributed by atoms with Gasteiger partial charge in [0, 0.05) is 11.4 Å². The Morgan fingerprint density at radius 2 is 1.93 bits per heavy atom. The number of halogens is 3. The second-order valence-corrected chi connectivity index (χ2v) is 5.81. The number of hydrogen-bond donors (Lipinski definition) is 0. The maximum Gasteiger partial charge on any atom is 0.181 e. The van der Waals surface area contributed by atoms with E-state index in [9.17, 15) is 17.2 Å². The average Bonchev–Trinajstić information content (AvgIpc) is 2.14. The molecule has 0 fully saturated rings. The van der Waals surface area contributed by atoms with Gasteiger partial charge in [0.1, 0.15) is 16.5 Å². The molecule has 0 saturated carbocycles. The average molecular weight is 299 g/mol. The molecule has 0 aromatic heterocycles. The van der Waals surface area contributed by atoms with Crippen molar-refractivity contribution in [3.63, 3.8) is 0 Å². The van der Waals surface area contributed by atoms with Gasteiger partial charge in [0.25, 0.3) is 0 Å². The van der Waals surface area contributed by atoms with Crippen LogP contribution >= 0.6 is 15.9 Å². The van der Waals surface area contributed by atoms with Gasteiger partial charge in [-0.15, -0.1) is 0 Å². The Morgan fingerprint density at radius 3 is 2.47 bits per heavy atom. The summed E-state index contributed by atoms with van der Waals surface area (Å²) in [5, 5.41) is 0.523. The molecule has 84 valence electrons. The SMILES string of the molecule is O=S(=O)(CCCBr)c1ccc(F)cc1F. The van der Waals surface area contributed by atoms with Gasteiger partial charge in [-0.2, -0.15) is 0 Å². The monoisotopic (exact) mass is 298 g/mol. The molecule has 1 aromatic rings. The van der Waals surface area contributed by atoms with Crippen LogP contribution in [0.3, 0.4) is 0 Å². The van der Waals surface area contributed by atoms with E-state index in [1.807, 2.05) is 0 Å². The summed E-state index contributed by atoms with van der Waals surface area (Å²) in [6.07, 6.45) is 0.388. The minimum atomic E-state index is -3.64. The summed E-state index contributed by atoms with van der Waals surface area (Å²) < 4.78 is 48.8. The maximum absolute atomic E-state index is 13.1. The van der Waals surface area contributed by atoms with Crippen molar-refractivity contribution in [2.75, 3.05) is 11.1 Å². The predicted octanol–water partition coefficient (Wildman–Crippen LogP) is 2.52. The Hall–Kier alpha value is -0.490. The van der Waals surface area contributed by atoms with Crippen molar-refractivity contribution < 1.29 is 17.2 Å². The maximum atomic E-state index is 13.1. The highest BCUT2D eigenvalue weighted by Crippen LogP contribution is 2.17. The Labute approximate surface area is 95.4 Å². The number of benzene rings is 1. The van der Waals surface area contributed by atoms with Gasteiger partial charge in [0.15, 0.2) is 9.84 Å². The van der Waals surface area contributed by atoms with Crippen LogP contribution in [0.2, 0.25) is 0 Å². The zero-order chi connectivity index (χ0) is 11.5. The van der Waals surface area contributed by atoms with Gasteiger partial charge in [0.05, 0.1) is 5.75 Å². The Bertz CT molecular complexity index is 445. The molecule has 0 saturated heterocycles. The van der Waals surface area contributed by atoms with Crippen molar-refractivity contribution >= 4 is 25.8 Å². The molecule has 6 heteroatoms. The Morgan fingerprint density at radius 1 is 1.27 bits per heavy atom. The third kappa shape index (κ3) is 3.24. The lowest BCUT2D eigenvalue weighted by Gasteiger charge is -2.04. The molecule has 0 atom stereocenters. The van der Waals surface area contributed by atoms with Gasteiger partial charge in [-0.1, -0.05) is 15.9 Å². The van der Waals surface area contributed by atoms with E-state index in [1.165, 1.54) is 0 Å². The van der Waals surface area contributed by atoms with Crippen LogP contribution in [-0.2, 0) is 9.84 Å². The lowest BCUT2D eigenvalue weighted by molar-refractivity contribution is 0.549. The molecule has 0 amide bonds. The van der Waals surface area contributed by atoms with E-state index in [0.717, 1.165) is 12.1 Å². The minimum Gasteiger partial charge on any atom is -0.224 e. The number of rotatable bonds is 4. The largest absolute Gasteiger partial charge is 0.224 e. The fourth-order valence-corrected chi connectivity index (χ4v) is 3.11. The lowest BCUT2D eigenvalue weighted by atomic mass is 10.3. The van der Waals surface area contributed by atoms with E-state index < -0.39 is 26.4 Å². The van der Waals surface area contributed by atoms with Crippen molar-refractivity contribution in [1.82, 2.24) is 0 Å². The molecule has 0 aliphatic heterocycles. The highest BCUT2D eigenvalue weighted by molar-refractivity contribution is 9.09. The zero-order valence-electron chi connectivity index (χ0n) is 7.71. The van der Waals surface area contributed by atoms with E-state index in [-0.39, 0.29) is 5.75 Å². The van der Waals surface area contributed by atoms with Gasteiger partial charge in [-0.3, -0.25) is 0 Å². The van der Waals surface area contributed by atoms with Gasteiger partial charge in [-0.05, 0) is 18.6 Å². The molecule has 1 rings (SSSR count). The van der Waals surface area contributed by atoms with Gasteiger partial charge >= 0.3 is 0 Å². The van der Waals surface area contributed by atoms with Crippen LogP contribution in [0.1, 0.15) is 6.42 Å². The molecule has 0 N–H and O–H groups in total. The van der Waals surface area contributed by atoms with Crippen LogP contribution in [0.15, 0.2) is 23.1 Å². The summed E-state index contributed by atoms with van der Waals surface area (Å²) >= 11 is 3.09. The topological polar surface area (TPSA) is 34.1 Å². The molecule has 1 aromatic carbocycles. The first-order chi connectivity index (χ1) is 6.97. The standard InChI is InChI=1S/C9H9BrF2O2S/c10-4-1-5-15(13,14)9-3-2-7(11)6-8(9)12/h2-3,6H,1,4-5H2. The third-order valence-corrected chi connectivity index (χ3v) is 4.16. The van der Waals surface area contributed by atoms with Crippen LogP contribution in [-0.4, -0.2) is 19.5 Å². The Kier molecular flexibility index (Phi) is 4.21. The van der Waals surface area contributed by atoms with Gasteiger partial charge < -0.3 is 0 Å². The number of sulfone groups is 1. The molecule has 2 nitrogen and oxygen atoms in total. The van der Waals surface area contributed by atoms with Crippen molar-refractivity contribution in [3.8, 4) is 0 Å². The number of hydrogen-bond acceptors (Lipinski definition) is 2. The molecule has 0 heterocycles. The molecule has 0 bridgehead atoms. The van der Waals surface area contributed by atoms with Crippen molar-refractivity contribution in [1.29, 1.82) is 0 Å². The highest BCUT2D eigenvalue weighted by Gasteiger charge is 2.18. The first kappa shape index (κ1) is 12.6. The van der Waals surface area contributed by atoms with Crippen LogP contribution in [0, 0.1) is 11.6 Å². The fourth-order valence-electron chi connectivity index (χ4n) is 1.08. The molecule has 0 radical (unpaired) electrons. The summed E-state index contributed by atoms with van der Waals surface area (Å²) in [5.74, 6) is -1.97. The lowest BCUT2D eigenvalue weighted by Crippen LogP contribution is -2.09.